The van der Waals surface area contributed by atoms with E-state index in [0.29, 0.717) is 12.0 Å². The molecular weight excluding hydrogens is 334 g/mol. The average molecular weight is 368 g/mol. The Kier molecular flexibility index (Phi) is 6.49. The molecule has 1 atom stereocenters. The van der Waals surface area contributed by atoms with Crippen molar-refractivity contribution in [3.8, 4) is 0 Å². The van der Waals surface area contributed by atoms with Crippen LogP contribution in [-0.2, 0) is 16.9 Å². The first-order valence-electron chi connectivity index (χ1n) is 9.63. The summed E-state index contributed by atoms with van der Waals surface area (Å²) in [6.07, 6.45) is 4.03. The topological polar surface area (TPSA) is 48.8 Å². The summed E-state index contributed by atoms with van der Waals surface area (Å²) in [4.78, 5) is 9.76. The molecule has 5 nitrogen and oxygen atoms in total. The molecule has 1 aromatic rings. The summed E-state index contributed by atoms with van der Waals surface area (Å²) in [5.41, 5.74) is 0.151. The van der Waals surface area contributed by atoms with E-state index in [2.05, 4.69) is 29.0 Å². The lowest BCUT2D eigenvalue weighted by atomic mass is 9.88. The van der Waals surface area contributed by atoms with Crippen molar-refractivity contribution in [1.82, 2.24) is 14.8 Å². The second-order valence-electron chi connectivity index (χ2n) is 8.07. The molecule has 25 heavy (non-hydrogen) atoms. The van der Waals surface area contributed by atoms with Crippen molar-refractivity contribution in [3.63, 3.8) is 0 Å². The minimum absolute atomic E-state index is 0.514. The zero-order chi connectivity index (χ0) is 17.9. The minimum atomic E-state index is -0.737. The third kappa shape index (κ3) is 4.80. The van der Waals surface area contributed by atoms with E-state index in [-0.39, 0.29) is 0 Å². The van der Waals surface area contributed by atoms with Crippen LogP contribution in [0, 0.1) is 5.92 Å². The highest BCUT2D eigenvalue weighted by Gasteiger charge is 2.36. The number of nitrogens with zero attached hydrogens (tertiary/aromatic N) is 3. The Morgan fingerprint density at radius 3 is 2.80 bits per heavy atom. The maximum Gasteiger partial charge on any atom is 0.110 e. The fraction of sp³-hybridized carbons (Fsp3) is 0.842. The van der Waals surface area contributed by atoms with Crippen molar-refractivity contribution in [3.05, 3.63) is 16.1 Å². The minimum Gasteiger partial charge on any atom is -0.383 e. The van der Waals surface area contributed by atoms with E-state index in [4.69, 9.17) is 9.72 Å². The van der Waals surface area contributed by atoms with Gasteiger partial charge in [-0.1, -0.05) is 13.8 Å². The van der Waals surface area contributed by atoms with Gasteiger partial charge in [-0.05, 0) is 38.1 Å². The van der Waals surface area contributed by atoms with Gasteiger partial charge >= 0.3 is 0 Å². The van der Waals surface area contributed by atoms with Crippen LogP contribution >= 0.6 is 11.3 Å². The number of hydrogen-bond acceptors (Lipinski definition) is 6. The normalized spacial score (nSPS) is 25.1. The predicted molar refractivity (Wildman–Crippen MR) is 102 cm³/mol. The van der Waals surface area contributed by atoms with Crippen molar-refractivity contribution in [1.29, 1.82) is 0 Å². The molecule has 0 bridgehead atoms. The number of ether oxygens (including phenoxy) is 1. The van der Waals surface area contributed by atoms with Gasteiger partial charge in [-0.3, -0.25) is 4.90 Å². The van der Waals surface area contributed by atoms with Gasteiger partial charge in [0.25, 0.3) is 0 Å². The van der Waals surface area contributed by atoms with Crippen molar-refractivity contribution in [2.75, 3.05) is 39.9 Å². The van der Waals surface area contributed by atoms with Gasteiger partial charge in [0.15, 0.2) is 0 Å². The van der Waals surface area contributed by atoms with E-state index >= 15 is 0 Å². The summed E-state index contributed by atoms with van der Waals surface area (Å²) in [5, 5.41) is 14.3. The van der Waals surface area contributed by atoms with Crippen LogP contribution in [0.1, 0.15) is 50.2 Å². The van der Waals surface area contributed by atoms with Gasteiger partial charge in [0.1, 0.15) is 10.6 Å². The molecule has 0 amide bonds. The summed E-state index contributed by atoms with van der Waals surface area (Å²) < 4.78 is 5.34. The summed E-state index contributed by atoms with van der Waals surface area (Å²) in [7, 11) is 1.78. The average Bonchev–Trinajstić information content (AvgIpc) is 3.21. The Morgan fingerprint density at radius 1 is 1.36 bits per heavy atom. The van der Waals surface area contributed by atoms with E-state index in [1.165, 1.54) is 12.8 Å². The number of methoxy groups -OCH3 is 1. The Bertz CT molecular complexity index is 541. The lowest BCUT2D eigenvalue weighted by Crippen LogP contribution is -2.44. The molecule has 0 aromatic carbocycles. The van der Waals surface area contributed by atoms with Crippen molar-refractivity contribution < 1.29 is 9.84 Å². The Labute approximate surface area is 156 Å². The summed E-state index contributed by atoms with van der Waals surface area (Å²) in [5.74, 6) is 0.678. The fourth-order valence-electron chi connectivity index (χ4n) is 4.13. The van der Waals surface area contributed by atoms with E-state index < -0.39 is 5.60 Å². The fourth-order valence-corrected chi connectivity index (χ4v) is 5.04. The lowest BCUT2D eigenvalue weighted by Gasteiger charge is -2.38. The highest BCUT2D eigenvalue weighted by Crippen LogP contribution is 2.34. The van der Waals surface area contributed by atoms with E-state index in [9.17, 15) is 5.11 Å². The molecule has 1 aromatic heterocycles. The zero-order valence-electron chi connectivity index (χ0n) is 15.9. The standard InChI is InChI=1S/C19H33N3O2S/c1-15(2)11-21-9-6-19(23,7-10-21)17-14-25-18(20-17)12-22-8-4-5-16(22)13-24-3/h14-16,23H,4-13H2,1-3H3. The quantitative estimate of drug-likeness (QED) is 0.803. The number of aromatic nitrogens is 1. The van der Waals surface area contributed by atoms with Crippen LogP contribution in [0.5, 0.6) is 0 Å². The first kappa shape index (κ1) is 19.2. The number of thiazole rings is 1. The molecule has 1 unspecified atom stereocenters. The number of likely N-dealkylation sites (tertiary alicyclic amines) is 2. The van der Waals surface area contributed by atoms with Gasteiger partial charge < -0.3 is 14.7 Å². The number of hydrogen-bond donors (Lipinski definition) is 1. The molecule has 3 heterocycles. The molecule has 2 aliphatic rings. The van der Waals surface area contributed by atoms with Crippen LogP contribution in [0.25, 0.3) is 0 Å². The Morgan fingerprint density at radius 2 is 2.12 bits per heavy atom. The van der Waals surface area contributed by atoms with Gasteiger partial charge in [0, 0.05) is 38.2 Å². The third-order valence-corrected chi connectivity index (χ3v) is 6.37. The van der Waals surface area contributed by atoms with Crippen LogP contribution in [0.15, 0.2) is 5.38 Å². The van der Waals surface area contributed by atoms with Crippen LogP contribution < -0.4 is 0 Å². The molecule has 0 saturated carbocycles. The predicted octanol–water partition coefficient (Wildman–Crippen LogP) is 2.69. The largest absolute Gasteiger partial charge is 0.383 e. The molecule has 2 aliphatic heterocycles. The van der Waals surface area contributed by atoms with E-state index in [1.807, 2.05) is 0 Å². The molecule has 0 spiro atoms. The molecule has 3 rings (SSSR count). The number of aliphatic hydroxyl groups is 1. The SMILES string of the molecule is COCC1CCCN1Cc1nc(C2(O)CCN(CC(C)C)CC2)cs1. The van der Waals surface area contributed by atoms with Gasteiger partial charge in [-0.15, -0.1) is 11.3 Å². The third-order valence-electron chi connectivity index (χ3n) is 5.53. The zero-order valence-corrected chi connectivity index (χ0v) is 16.7. The van der Waals surface area contributed by atoms with Crippen LogP contribution in [-0.4, -0.2) is 65.8 Å². The van der Waals surface area contributed by atoms with Crippen LogP contribution in [0.4, 0.5) is 0 Å². The summed E-state index contributed by atoms with van der Waals surface area (Å²) in [6.45, 7) is 10.4. The molecule has 6 heteroatoms. The molecule has 0 aliphatic carbocycles. The van der Waals surface area contributed by atoms with Crippen molar-refractivity contribution >= 4 is 11.3 Å². The van der Waals surface area contributed by atoms with Crippen molar-refractivity contribution in [2.24, 2.45) is 5.92 Å². The number of piperidine rings is 1. The maximum atomic E-state index is 11.1. The first-order valence-corrected chi connectivity index (χ1v) is 10.5. The lowest BCUT2D eigenvalue weighted by molar-refractivity contribution is -0.0310. The van der Waals surface area contributed by atoms with Crippen molar-refractivity contribution in [2.45, 2.75) is 57.7 Å². The van der Waals surface area contributed by atoms with Crippen LogP contribution in [0.2, 0.25) is 0 Å². The molecular formula is C19H33N3O2S. The van der Waals surface area contributed by atoms with Gasteiger partial charge in [-0.25, -0.2) is 4.98 Å². The molecule has 2 fully saturated rings. The highest BCUT2D eigenvalue weighted by molar-refractivity contribution is 7.09. The van der Waals surface area contributed by atoms with Gasteiger partial charge in [0.05, 0.1) is 18.8 Å². The summed E-state index contributed by atoms with van der Waals surface area (Å²) in [6, 6.07) is 0.514. The first-order chi connectivity index (χ1) is 12.0. The molecule has 2 saturated heterocycles. The van der Waals surface area contributed by atoms with E-state index in [0.717, 1.165) is 62.9 Å². The van der Waals surface area contributed by atoms with Crippen LogP contribution in [0.3, 0.4) is 0 Å². The maximum absolute atomic E-state index is 11.1. The monoisotopic (exact) mass is 367 g/mol. The van der Waals surface area contributed by atoms with Gasteiger partial charge in [0.2, 0.25) is 0 Å². The second-order valence-corrected chi connectivity index (χ2v) is 9.02. The Balaban J connectivity index is 1.58. The molecule has 142 valence electrons. The highest BCUT2D eigenvalue weighted by atomic mass is 32.1. The van der Waals surface area contributed by atoms with Gasteiger partial charge in [-0.2, -0.15) is 0 Å². The second kappa shape index (κ2) is 8.44. The summed E-state index contributed by atoms with van der Waals surface area (Å²) >= 11 is 1.69. The Hall–Kier alpha value is -0.530. The number of rotatable bonds is 7. The molecule has 0 radical (unpaired) electrons. The molecule has 1 N–H and O–H groups in total. The van der Waals surface area contributed by atoms with E-state index in [1.54, 1.807) is 18.4 Å². The smallest absolute Gasteiger partial charge is 0.110 e.